The minimum atomic E-state index is -1.31. The number of amides is 1. The van der Waals surface area contributed by atoms with E-state index < -0.39 is 17.9 Å². The number of benzene rings is 1. The number of rotatable bonds is 7. The van der Waals surface area contributed by atoms with Gasteiger partial charge in [-0.3, -0.25) is 9.69 Å². The summed E-state index contributed by atoms with van der Waals surface area (Å²) in [6.45, 7) is 3.61. The summed E-state index contributed by atoms with van der Waals surface area (Å²) in [6.07, 6.45) is 2.21. The summed E-state index contributed by atoms with van der Waals surface area (Å²) >= 11 is 6.33. The Morgan fingerprint density at radius 3 is 2.62 bits per heavy atom. The summed E-state index contributed by atoms with van der Waals surface area (Å²) < 4.78 is 10.8. The molecular formula is C18H20NO5S2-. The SMILES string of the molecule is CC[C@H](C)[C@@H](C(=O)[O-])N1C(=O)/C(=C/c2cccc(OC)c2OC)SC1=S. The smallest absolute Gasteiger partial charge is 0.266 e. The number of thiocarbonyl (C=S) groups is 1. The molecule has 2 rings (SSSR count). The summed E-state index contributed by atoms with van der Waals surface area (Å²) in [5.74, 6) is -1.02. The van der Waals surface area contributed by atoms with E-state index in [1.54, 1.807) is 31.2 Å². The molecule has 8 heteroatoms. The van der Waals surface area contributed by atoms with Gasteiger partial charge in [-0.1, -0.05) is 56.4 Å². The van der Waals surface area contributed by atoms with Gasteiger partial charge in [-0.15, -0.1) is 0 Å². The minimum Gasteiger partial charge on any atom is -0.548 e. The second kappa shape index (κ2) is 8.55. The van der Waals surface area contributed by atoms with E-state index in [1.165, 1.54) is 14.2 Å². The molecule has 6 nitrogen and oxygen atoms in total. The molecule has 1 fully saturated rings. The van der Waals surface area contributed by atoms with E-state index in [1.807, 2.05) is 6.92 Å². The predicted octanol–water partition coefficient (Wildman–Crippen LogP) is 2.07. The third-order valence-corrected chi connectivity index (χ3v) is 5.58. The molecule has 0 bridgehead atoms. The fourth-order valence-corrected chi connectivity index (χ4v) is 4.02. The van der Waals surface area contributed by atoms with Gasteiger partial charge in [-0.2, -0.15) is 0 Å². The van der Waals surface area contributed by atoms with E-state index in [0.717, 1.165) is 16.7 Å². The van der Waals surface area contributed by atoms with E-state index in [0.29, 0.717) is 28.4 Å². The molecule has 140 valence electrons. The molecule has 1 aliphatic heterocycles. The van der Waals surface area contributed by atoms with Crippen molar-refractivity contribution >= 4 is 46.3 Å². The van der Waals surface area contributed by atoms with E-state index in [9.17, 15) is 14.7 Å². The van der Waals surface area contributed by atoms with E-state index >= 15 is 0 Å². The largest absolute Gasteiger partial charge is 0.548 e. The number of nitrogens with zero attached hydrogens (tertiary/aromatic N) is 1. The van der Waals surface area contributed by atoms with Crippen molar-refractivity contribution in [3.63, 3.8) is 0 Å². The fourth-order valence-electron chi connectivity index (χ4n) is 2.70. The van der Waals surface area contributed by atoms with Crippen LogP contribution in [0.4, 0.5) is 0 Å². The molecule has 1 amide bonds. The lowest BCUT2D eigenvalue weighted by Gasteiger charge is -2.32. The van der Waals surface area contributed by atoms with E-state index in [2.05, 4.69) is 0 Å². The highest BCUT2D eigenvalue weighted by Crippen LogP contribution is 2.38. The molecule has 1 aromatic carbocycles. The number of carboxylic acids is 1. The van der Waals surface area contributed by atoms with Crippen molar-refractivity contribution in [2.45, 2.75) is 26.3 Å². The molecule has 0 unspecified atom stereocenters. The Hall–Kier alpha value is -2.06. The third-order valence-electron chi connectivity index (χ3n) is 4.25. The first-order chi connectivity index (χ1) is 12.3. The first-order valence-corrected chi connectivity index (χ1v) is 9.27. The van der Waals surface area contributed by atoms with Crippen molar-refractivity contribution in [3.05, 3.63) is 28.7 Å². The van der Waals surface area contributed by atoms with Gasteiger partial charge >= 0.3 is 0 Å². The number of para-hydroxylation sites is 1. The molecule has 0 aromatic heterocycles. The molecule has 26 heavy (non-hydrogen) atoms. The van der Waals surface area contributed by atoms with Gasteiger partial charge in [0, 0.05) is 5.56 Å². The number of methoxy groups -OCH3 is 2. The monoisotopic (exact) mass is 394 g/mol. The number of carbonyl (C=O) groups is 2. The van der Waals surface area contributed by atoms with Crippen LogP contribution in [0.2, 0.25) is 0 Å². The standard InChI is InChI=1S/C18H21NO5S2/c1-5-10(2)14(17(21)22)19-16(20)13(26-18(19)25)9-11-7-6-8-12(23-3)15(11)24-4/h6-10,14H,5H2,1-4H3,(H,21,22)/p-1/b13-9-/t10-,14-/m0/s1. The lowest BCUT2D eigenvalue weighted by atomic mass is 9.98. The zero-order valence-electron chi connectivity index (χ0n) is 15.0. The highest BCUT2D eigenvalue weighted by atomic mass is 32.2. The van der Waals surface area contributed by atoms with Crippen LogP contribution in [0, 0.1) is 5.92 Å². The van der Waals surface area contributed by atoms with Crippen molar-refractivity contribution in [2.24, 2.45) is 5.92 Å². The second-order valence-corrected chi connectivity index (χ2v) is 7.46. The number of thioether (sulfide) groups is 1. The Kier molecular flexibility index (Phi) is 6.66. The number of aliphatic carboxylic acids is 1. The van der Waals surface area contributed by atoms with E-state index in [4.69, 9.17) is 21.7 Å². The van der Waals surface area contributed by atoms with Gasteiger partial charge in [0.2, 0.25) is 0 Å². The second-order valence-electron chi connectivity index (χ2n) is 5.78. The van der Waals surface area contributed by atoms with Crippen LogP contribution < -0.4 is 14.6 Å². The third kappa shape index (κ3) is 3.86. The summed E-state index contributed by atoms with van der Waals surface area (Å²) in [4.78, 5) is 25.9. The summed E-state index contributed by atoms with van der Waals surface area (Å²) in [5, 5.41) is 11.6. The minimum absolute atomic E-state index is 0.206. The maximum absolute atomic E-state index is 12.8. The van der Waals surface area contributed by atoms with Gasteiger partial charge in [0.25, 0.3) is 5.91 Å². The van der Waals surface area contributed by atoms with Crippen LogP contribution in [0.1, 0.15) is 25.8 Å². The molecule has 1 saturated heterocycles. The Morgan fingerprint density at radius 2 is 2.08 bits per heavy atom. The van der Waals surface area contributed by atoms with Crippen LogP contribution in [-0.4, -0.2) is 41.4 Å². The number of hydrogen-bond acceptors (Lipinski definition) is 7. The van der Waals surface area contributed by atoms with Gasteiger partial charge in [-0.25, -0.2) is 0 Å². The average molecular weight is 394 g/mol. The molecule has 1 aromatic rings. The van der Waals surface area contributed by atoms with Gasteiger partial charge in [-0.05, 0) is 18.1 Å². The van der Waals surface area contributed by atoms with Crippen LogP contribution in [0.15, 0.2) is 23.1 Å². The summed E-state index contributed by atoms with van der Waals surface area (Å²) in [7, 11) is 3.03. The number of carboxylic acid groups (broad SMARTS) is 1. The number of hydrogen-bond donors (Lipinski definition) is 0. The lowest BCUT2D eigenvalue weighted by molar-refractivity contribution is -0.311. The molecule has 0 N–H and O–H groups in total. The molecule has 0 radical (unpaired) electrons. The quantitative estimate of drug-likeness (QED) is 0.517. The fraction of sp³-hybridized carbons (Fsp3) is 0.389. The highest BCUT2D eigenvalue weighted by Gasteiger charge is 2.39. The molecule has 1 aliphatic rings. The molecule has 1 heterocycles. The van der Waals surface area contributed by atoms with Gasteiger partial charge in [0.05, 0.1) is 31.1 Å². The number of carbonyl (C=O) groups excluding carboxylic acids is 2. The zero-order valence-corrected chi connectivity index (χ0v) is 16.6. The lowest BCUT2D eigenvalue weighted by Crippen LogP contribution is -2.53. The Morgan fingerprint density at radius 1 is 1.38 bits per heavy atom. The van der Waals surface area contributed by atoms with Crippen molar-refractivity contribution in [1.82, 2.24) is 4.90 Å². The van der Waals surface area contributed by atoms with E-state index in [-0.39, 0.29) is 10.2 Å². The Labute approximate surface area is 162 Å². The maximum atomic E-state index is 12.8. The van der Waals surface area contributed by atoms with Crippen molar-refractivity contribution in [1.29, 1.82) is 0 Å². The van der Waals surface area contributed by atoms with Gasteiger partial charge in [0.15, 0.2) is 11.5 Å². The van der Waals surface area contributed by atoms with Crippen LogP contribution in [0.5, 0.6) is 11.5 Å². The van der Waals surface area contributed by atoms with Crippen LogP contribution in [0.25, 0.3) is 6.08 Å². The molecule has 2 atom stereocenters. The highest BCUT2D eigenvalue weighted by molar-refractivity contribution is 8.26. The van der Waals surface area contributed by atoms with Crippen molar-refractivity contribution in [2.75, 3.05) is 14.2 Å². The normalized spacial score (nSPS) is 18.2. The predicted molar refractivity (Wildman–Crippen MR) is 103 cm³/mol. The van der Waals surface area contributed by atoms with Gasteiger partial charge < -0.3 is 19.4 Å². The molecular weight excluding hydrogens is 374 g/mol. The summed E-state index contributed by atoms with van der Waals surface area (Å²) in [6, 6.07) is 4.21. The first kappa shape index (κ1) is 20.3. The molecule has 0 saturated carbocycles. The first-order valence-electron chi connectivity index (χ1n) is 8.04. The molecule has 0 spiro atoms. The Bertz CT molecular complexity index is 762. The maximum Gasteiger partial charge on any atom is 0.266 e. The van der Waals surface area contributed by atoms with Crippen molar-refractivity contribution < 1.29 is 24.2 Å². The zero-order chi connectivity index (χ0) is 19.4. The Balaban J connectivity index is 2.43. The van der Waals surface area contributed by atoms with Crippen LogP contribution in [0.3, 0.4) is 0 Å². The topological polar surface area (TPSA) is 78.9 Å². The summed E-state index contributed by atoms with van der Waals surface area (Å²) in [5.41, 5.74) is 0.640. The van der Waals surface area contributed by atoms with Crippen LogP contribution >= 0.6 is 24.0 Å². The van der Waals surface area contributed by atoms with Gasteiger partial charge in [0.1, 0.15) is 4.32 Å². The number of ether oxygens (including phenoxy) is 2. The molecule has 0 aliphatic carbocycles. The average Bonchev–Trinajstić information content (AvgIpc) is 2.88. The van der Waals surface area contributed by atoms with Crippen LogP contribution in [-0.2, 0) is 9.59 Å². The van der Waals surface area contributed by atoms with Crippen molar-refractivity contribution in [3.8, 4) is 11.5 Å².